The van der Waals surface area contributed by atoms with E-state index in [1.165, 1.54) is 0 Å². The molecule has 24 heavy (non-hydrogen) atoms. The van der Waals surface area contributed by atoms with E-state index in [1.54, 1.807) is 6.07 Å². The van der Waals surface area contributed by atoms with Gasteiger partial charge in [0.1, 0.15) is 12.4 Å². The summed E-state index contributed by atoms with van der Waals surface area (Å²) in [5.74, 6) is -0.0926. The van der Waals surface area contributed by atoms with Gasteiger partial charge in [0.25, 0.3) is 0 Å². The van der Waals surface area contributed by atoms with Crippen LogP contribution in [0.1, 0.15) is 5.56 Å². The number of benzene rings is 1. The second-order valence-corrected chi connectivity index (χ2v) is 5.18. The molecule has 0 saturated heterocycles. The predicted molar refractivity (Wildman–Crippen MR) is 100 cm³/mol. The summed E-state index contributed by atoms with van der Waals surface area (Å²) in [5.41, 5.74) is 6.78. The van der Waals surface area contributed by atoms with Crippen molar-refractivity contribution in [2.75, 3.05) is 45.7 Å². The van der Waals surface area contributed by atoms with Crippen LogP contribution in [0.2, 0.25) is 0 Å². The fourth-order valence-corrected chi connectivity index (χ4v) is 1.64. The van der Waals surface area contributed by atoms with Gasteiger partial charge in [-0.05, 0) is 38.7 Å². The van der Waals surface area contributed by atoms with Gasteiger partial charge in [0.05, 0.1) is 18.8 Å². The third kappa shape index (κ3) is 9.57. The van der Waals surface area contributed by atoms with Crippen molar-refractivity contribution >= 4 is 42.3 Å². The summed E-state index contributed by atoms with van der Waals surface area (Å²) < 4.78 is 5.71. The van der Waals surface area contributed by atoms with Gasteiger partial charge < -0.3 is 26.0 Å². The molecule has 2 amide bonds. The van der Waals surface area contributed by atoms with E-state index < -0.39 is 0 Å². The highest BCUT2D eigenvalue weighted by Gasteiger charge is 2.09. The molecule has 4 N–H and O–H groups in total. The number of hydrogen-bond acceptors (Lipinski definition) is 5. The number of ether oxygens (including phenoxy) is 1. The number of hydrogen-bond donors (Lipinski definition) is 3. The van der Waals surface area contributed by atoms with Crippen LogP contribution >= 0.6 is 24.8 Å². The van der Waals surface area contributed by atoms with Crippen molar-refractivity contribution < 1.29 is 14.3 Å². The van der Waals surface area contributed by atoms with Crippen molar-refractivity contribution in [3.8, 4) is 5.75 Å². The quantitative estimate of drug-likeness (QED) is 0.619. The Morgan fingerprint density at radius 2 is 1.88 bits per heavy atom. The predicted octanol–water partition coefficient (Wildman–Crippen LogP) is 0.792. The minimum atomic E-state index is -0.374. The molecule has 0 bridgehead atoms. The zero-order valence-corrected chi connectivity index (χ0v) is 15.8. The molecule has 0 aliphatic heterocycles. The summed E-state index contributed by atoms with van der Waals surface area (Å²) in [4.78, 5) is 24.9. The van der Waals surface area contributed by atoms with Gasteiger partial charge in [-0.15, -0.1) is 24.8 Å². The number of likely N-dealkylation sites (N-methyl/N-ethyl adjacent to an activating group) is 1. The summed E-state index contributed by atoms with van der Waals surface area (Å²) in [6, 6.07) is 5.53. The van der Waals surface area contributed by atoms with Crippen molar-refractivity contribution in [3.63, 3.8) is 0 Å². The average Bonchev–Trinajstić information content (AvgIpc) is 2.47. The van der Waals surface area contributed by atoms with E-state index in [0.717, 1.165) is 12.1 Å². The first-order valence-corrected chi connectivity index (χ1v) is 7.07. The van der Waals surface area contributed by atoms with Crippen LogP contribution in [0.5, 0.6) is 5.75 Å². The molecule has 0 aliphatic rings. The van der Waals surface area contributed by atoms with Gasteiger partial charge >= 0.3 is 0 Å². The maximum Gasteiger partial charge on any atom is 0.243 e. The molecular formula is C15H26Cl2N4O3. The van der Waals surface area contributed by atoms with E-state index in [9.17, 15) is 9.59 Å². The van der Waals surface area contributed by atoms with Crippen LogP contribution in [0.3, 0.4) is 0 Å². The van der Waals surface area contributed by atoms with Crippen LogP contribution in [-0.4, -0.2) is 57.1 Å². The number of nitrogens with one attached hydrogen (secondary N) is 2. The Morgan fingerprint density at radius 3 is 2.46 bits per heavy atom. The largest absolute Gasteiger partial charge is 0.490 e. The highest BCUT2D eigenvalue weighted by atomic mass is 35.5. The van der Waals surface area contributed by atoms with Gasteiger partial charge in [0.2, 0.25) is 11.8 Å². The Labute approximate surface area is 155 Å². The molecule has 0 fully saturated rings. The third-order valence-electron chi connectivity index (χ3n) is 2.84. The van der Waals surface area contributed by atoms with Gasteiger partial charge in [-0.1, -0.05) is 6.07 Å². The molecule has 0 atom stereocenters. The standard InChI is InChI=1S/C15H24N4O3.2ClH/c1-11-4-5-12(13(8-11)22-7-6-19(2)3)18-15(21)10-17-14(20)9-16;;/h4-5,8H,6-7,9-10,16H2,1-3H3,(H,17,20)(H,18,21);2*1H. The first kappa shape index (κ1) is 24.7. The van der Waals surface area contributed by atoms with Crippen LogP contribution in [-0.2, 0) is 9.59 Å². The second kappa shape index (κ2) is 12.8. The molecule has 7 nitrogen and oxygen atoms in total. The molecule has 1 aromatic carbocycles. The number of aryl methyl sites for hydroxylation is 1. The Bertz CT molecular complexity index is 527. The minimum Gasteiger partial charge on any atom is -0.490 e. The van der Waals surface area contributed by atoms with E-state index >= 15 is 0 Å². The van der Waals surface area contributed by atoms with Crippen molar-refractivity contribution in [3.05, 3.63) is 23.8 Å². The zero-order chi connectivity index (χ0) is 16.5. The number of nitrogens with zero attached hydrogens (tertiary/aromatic N) is 1. The normalized spacial score (nSPS) is 9.54. The molecule has 0 aliphatic carbocycles. The maximum absolute atomic E-state index is 11.8. The summed E-state index contributed by atoms with van der Waals surface area (Å²) in [6.45, 7) is 2.97. The molecule has 0 saturated carbocycles. The lowest BCUT2D eigenvalue weighted by molar-refractivity contribution is -0.123. The Morgan fingerprint density at radius 1 is 1.21 bits per heavy atom. The number of carbonyl (C=O) groups is 2. The topological polar surface area (TPSA) is 96.7 Å². The van der Waals surface area contributed by atoms with Gasteiger partial charge in [0, 0.05) is 6.54 Å². The second-order valence-electron chi connectivity index (χ2n) is 5.18. The number of nitrogens with two attached hydrogens (primary N) is 1. The van der Waals surface area contributed by atoms with E-state index in [0.29, 0.717) is 18.0 Å². The molecule has 0 heterocycles. The molecule has 0 radical (unpaired) electrons. The number of halogens is 2. The van der Waals surface area contributed by atoms with Gasteiger partial charge in [-0.25, -0.2) is 0 Å². The number of rotatable bonds is 8. The first-order valence-electron chi connectivity index (χ1n) is 7.07. The lowest BCUT2D eigenvalue weighted by atomic mass is 10.2. The first-order chi connectivity index (χ1) is 10.4. The molecule has 1 rings (SSSR count). The lowest BCUT2D eigenvalue weighted by Crippen LogP contribution is -2.36. The van der Waals surface area contributed by atoms with E-state index in [2.05, 4.69) is 10.6 Å². The van der Waals surface area contributed by atoms with Crippen LogP contribution < -0.4 is 21.1 Å². The molecule has 0 spiro atoms. The van der Waals surface area contributed by atoms with Crippen molar-refractivity contribution in [1.82, 2.24) is 10.2 Å². The van der Waals surface area contributed by atoms with Gasteiger partial charge in [-0.3, -0.25) is 9.59 Å². The Balaban J connectivity index is 0. The molecular weight excluding hydrogens is 355 g/mol. The number of anilines is 1. The summed E-state index contributed by atoms with van der Waals surface area (Å²) in [5, 5.41) is 5.14. The van der Waals surface area contributed by atoms with Crippen LogP contribution in [0.15, 0.2) is 18.2 Å². The van der Waals surface area contributed by atoms with Crippen molar-refractivity contribution in [1.29, 1.82) is 0 Å². The van der Waals surface area contributed by atoms with Gasteiger partial charge in [-0.2, -0.15) is 0 Å². The fourth-order valence-electron chi connectivity index (χ4n) is 1.64. The molecule has 138 valence electrons. The SMILES string of the molecule is Cc1ccc(NC(=O)CNC(=O)CN)c(OCCN(C)C)c1.Cl.Cl. The Kier molecular flexibility index (Phi) is 13.2. The summed E-state index contributed by atoms with van der Waals surface area (Å²) in [7, 11) is 3.92. The summed E-state index contributed by atoms with van der Waals surface area (Å²) in [6.07, 6.45) is 0. The van der Waals surface area contributed by atoms with E-state index in [1.807, 2.05) is 38.1 Å². The molecule has 0 unspecified atom stereocenters. The molecule has 9 heteroatoms. The Hall–Kier alpha value is -1.54. The van der Waals surface area contributed by atoms with E-state index in [4.69, 9.17) is 10.5 Å². The van der Waals surface area contributed by atoms with Crippen molar-refractivity contribution in [2.24, 2.45) is 5.73 Å². The lowest BCUT2D eigenvalue weighted by Gasteiger charge is -2.15. The number of amides is 2. The monoisotopic (exact) mass is 380 g/mol. The highest BCUT2D eigenvalue weighted by Crippen LogP contribution is 2.25. The molecule has 0 aromatic heterocycles. The maximum atomic E-state index is 11.8. The average molecular weight is 381 g/mol. The van der Waals surface area contributed by atoms with Crippen molar-refractivity contribution in [2.45, 2.75) is 6.92 Å². The van der Waals surface area contributed by atoms with E-state index in [-0.39, 0.29) is 49.7 Å². The number of carbonyl (C=O) groups excluding carboxylic acids is 2. The smallest absolute Gasteiger partial charge is 0.243 e. The summed E-state index contributed by atoms with van der Waals surface area (Å²) >= 11 is 0. The highest BCUT2D eigenvalue weighted by molar-refractivity contribution is 5.95. The third-order valence-corrected chi connectivity index (χ3v) is 2.84. The minimum absolute atomic E-state index is 0. The zero-order valence-electron chi connectivity index (χ0n) is 14.1. The molecule has 1 aromatic rings. The fraction of sp³-hybridized carbons (Fsp3) is 0.467. The van der Waals surface area contributed by atoms with Gasteiger partial charge in [0.15, 0.2) is 0 Å². The van der Waals surface area contributed by atoms with Crippen LogP contribution in [0.25, 0.3) is 0 Å². The van der Waals surface area contributed by atoms with Crippen LogP contribution in [0, 0.1) is 6.92 Å². The van der Waals surface area contributed by atoms with Crippen LogP contribution in [0.4, 0.5) is 5.69 Å².